The molecule has 0 aliphatic carbocycles. The fourth-order valence-corrected chi connectivity index (χ4v) is 3.47. The maximum atomic E-state index is 14.0. The molecular formula is C22H20FNO4. The van der Waals surface area contributed by atoms with Gasteiger partial charge in [0.1, 0.15) is 11.6 Å². The van der Waals surface area contributed by atoms with E-state index in [2.05, 4.69) is 0 Å². The minimum atomic E-state index is -0.385. The Balaban J connectivity index is 1.57. The van der Waals surface area contributed by atoms with Gasteiger partial charge in [-0.25, -0.2) is 4.39 Å². The zero-order valence-electron chi connectivity index (χ0n) is 15.7. The molecular weight excluding hydrogens is 361 g/mol. The van der Waals surface area contributed by atoms with Gasteiger partial charge >= 0.3 is 0 Å². The van der Waals surface area contributed by atoms with Crippen LogP contribution >= 0.6 is 0 Å². The predicted molar refractivity (Wildman–Crippen MR) is 102 cm³/mol. The molecule has 0 unspecified atom stereocenters. The molecule has 4 rings (SSSR count). The molecule has 0 N–H and O–H groups in total. The number of hydrogen-bond donors (Lipinski definition) is 0. The summed E-state index contributed by atoms with van der Waals surface area (Å²) in [6.07, 6.45) is 0.711. The van der Waals surface area contributed by atoms with Crippen LogP contribution < -0.4 is 9.47 Å². The van der Waals surface area contributed by atoms with E-state index in [1.807, 2.05) is 12.1 Å². The molecule has 0 atom stereocenters. The number of furan rings is 1. The maximum Gasteiger partial charge on any atom is 0.289 e. The van der Waals surface area contributed by atoms with E-state index in [0.29, 0.717) is 42.3 Å². The zero-order chi connectivity index (χ0) is 19.7. The molecule has 144 valence electrons. The monoisotopic (exact) mass is 381 g/mol. The third-order valence-electron chi connectivity index (χ3n) is 4.96. The van der Waals surface area contributed by atoms with Crippen molar-refractivity contribution in [2.24, 2.45) is 0 Å². The summed E-state index contributed by atoms with van der Waals surface area (Å²) >= 11 is 0. The SMILES string of the molecule is COc1cc2c(cc1OC)CN(C(=O)c1ccc(-c3ccccc3F)o1)CC2. The van der Waals surface area contributed by atoms with E-state index in [0.717, 1.165) is 11.1 Å². The van der Waals surface area contributed by atoms with E-state index in [1.165, 1.54) is 6.07 Å². The number of rotatable bonds is 4. The fourth-order valence-electron chi connectivity index (χ4n) is 3.47. The number of fused-ring (bicyclic) bond motifs is 1. The molecule has 0 fully saturated rings. The maximum absolute atomic E-state index is 14.0. The number of amides is 1. The van der Waals surface area contributed by atoms with Gasteiger partial charge in [-0.1, -0.05) is 12.1 Å². The Morgan fingerprint density at radius 3 is 2.46 bits per heavy atom. The molecule has 0 saturated carbocycles. The Labute approximate surface area is 162 Å². The third-order valence-corrected chi connectivity index (χ3v) is 4.96. The summed E-state index contributed by atoms with van der Waals surface area (Å²) in [5.74, 6) is 1.25. The van der Waals surface area contributed by atoms with Gasteiger partial charge in [0, 0.05) is 13.1 Å². The average molecular weight is 381 g/mol. The van der Waals surface area contributed by atoms with Crippen LogP contribution in [0.4, 0.5) is 4.39 Å². The van der Waals surface area contributed by atoms with Gasteiger partial charge in [0.2, 0.25) is 0 Å². The number of halogens is 1. The Bertz CT molecular complexity index is 1030. The van der Waals surface area contributed by atoms with Gasteiger partial charge in [0.15, 0.2) is 17.3 Å². The Morgan fingerprint density at radius 2 is 1.75 bits per heavy atom. The topological polar surface area (TPSA) is 51.9 Å². The summed E-state index contributed by atoms with van der Waals surface area (Å²) in [4.78, 5) is 14.6. The molecule has 1 aromatic heterocycles. The second-order valence-corrected chi connectivity index (χ2v) is 6.60. The van der Waals surface area contributed by atoms with Crippen LogP contribution in [-0.4, -0.2) is 31.6 Å². The molecule has 2 heterocycles. The van der Waals surface area contributed by atoms with Crippen molar-refractivity contribution in [3.05, 3.63) is 71.2 Å². The van der Waals surface area contributed by atoms with E-state index in [-0.39, 0.29) is 17.5 Å². The van der Waals surface area contributed by atoms with Crippen molar-refractivity contribution in [1.29, 1.82) is 0 Å². The average Bonchev–Trinajstić information content (AvgIpc) is 3.22. The summed E-state index contributed by atoms with van der Waals surface area (Å²) in [5, 5.41) is 0. The van der Waals surface area contributed by atoms with Gasteiger partial charge in [-0.3, -0.25) is 4.79 Å². The minimum absolute atomic E-state index is 0.196. The molecule has 1 aliphatic rings. The van der Waals surface area contributed by atoms with Crippen molar-refractivity contribution >= 4 is 5.91 Å². The van der Waals surface area contributed by atoms with Gasteiger partial charge in [-0.2, -0.15) is 0 Å². The molecule has 28 heavy (non-hydrogen) atoms. The van der Waals surface area contributed by atoms with E-state index in [1.54, 1.807) is 49.5 Å². The standard InChI is InChI=1S/C22H20FNO4/c1-26-20-11-14-9-10-24(13-15(14)12-21(20)27-2)22(25)19-8-7-18(28-19)16-5-3-4-6-17(16)23/h3-8,11-12H,9-10,13H2,1-2H3. The summed E-state index contributed by atoms with van der Waals surface area (Å²) < 4.78 is 30.3. The molecule has 0 radical (unpaired) electrons. The lowest BCUT2D eigenvalue weighted by atomic mass is 9.98. The minimum Gasteiger partial charge on any atom is -0.493 e. The Hall–Kier alpha value is -3.28. The highest BCUT2D eigenvalue weighted by molar-refractivity contribution is 5.92. The number of carbonyl (C=O) groups excluding carboxylic acids is 1. The molecule has 3 aromatic rings. The lowest BCUT2D eigenvalue weighted by Gasteiger charge is -2.29. The van der Waals surface area contributed by atoms with Crippen LogP contribution in [-0.2, 0) is 13.0 Å². The van der Waals surface area contributed by atoms with Gasteiger partial charge in [0.25, 0.3) is 5.91 Å². The van der Waals surface area contributed by atoms with Crippen molar-refractivity contribution in [3.8, 4) is 22.8 Å². The van der Waals surface area contributed by atoms with E-state index in [9.17, 15) is 9.18 Å². The van der Waals surface area contributed by atoms with Crippen molar-refractivity contribution in [1.82, 2.24) is 4.90 Å². The first kappa shape index (κ1) is 18.1. The number of hydrogen-bond acceptors (Lipinski definition) is 4. The Morgan fingerprint density at radius 1 is 1.04 bits per heavy atom. The lowest BCUT2D eigenvalue weighted by molar-refractivity contribution is 0.0703. The molecule has 0 spiro atoms. The highest BCUT2D eigenvalue weighted by Crippen LogP contribution is 2.34. The van der Waals surface area contributed by atoms with Crippen LogP contribution in [0.3, 0.4) is 0 Å². The molecule has 6 heteroatoms. The molecule has 1 aliphatic heterocycles. The first-order valence-electron chi connectivity index (χ1n) is 8.98. The van der Waals surface area contributed by atoms with Crippen LogP contribution in [0.25, 0.3) is 11.3 Å². The Kier molecular flexibility index (Phi) is 4.77. The molecule has 0 bridgehead atoms. The predicted octanol–water partition coefficient (Wildman–Crippen LogP) is 4.30. The van der Waals surface area contributed by atoms with E-state index in [4.69, 9.17) is 13.9 Å². The quantitative estimate of drug-likeness (QED) is 0.676. The molecule has 0 saturated heterocycles. The molecule has 1 amide bonds. The first-order valence-corrected chi connectivity index (χ1v) is 8.98. The summed E-state index contributed by atoms with van der Waals surface area (Å²) in [7, 11) is 3.19. The second kappa shape index (κ2) is 7.38. The van der Waals surface area contributed by atoms with Crippen LogP contribution in [0.15, 0.2) is 52.9 Å². The zero-order valence-corrected chi connectivity index (χ0v) is 15.7. The van der Waals surface area contributed by atoms with Gasteiger partial charge in [0.05, 0.1) is 19.8 Å². The lowest BCUT2D eigenvalue weighted by Crippen LogP contribution is -2.35. The van der Waals surface area contributed by atoms with Crippen molar-refractivity contribution in [2.45, 2.75) is 13.0 Å². The highest BCUT2D eigenvalue weighted by Gasteiger charge is 2.26. The smallest absolute Gasteiger partial charge is 0.289 e. The van der Waals surface area contributed by atoms with Crippen LogP contribution in [0.5, 0.6) is 11.5 Å². The van der Waals surface area contributed by atoms with Crippen molar-refractivity contribution in [2.75, 3.05) is 20.8 Å². The van der Waals surface area contributed by atoms with Gasteiger partial charge in [-0.05, 0) is 53.9 Å². The van der Waals surface area contributed by atoms with Crippen molar-refractivity contribution in [3.63, 3.8) is 0 Å². The number of carbonyl (C=O) groups is 1. The largest absolute Gasteiger partial charge is 0.493 e. The second-order valence-electron chi connectivity index (χ2n) is 6.60. The van der Waals surface area contributed by atoms with E-state index >= 15 is 0 Å². The molecule has 2 aromatic carbocycles. The summed E-state index contributed by atoms with van der Waals surface area (Å²) in [5.41, 5.74) is 2.48. The number of nitrogens with zero attached hydrogens (tertiary/aromatic N) is 1. The highest BCUT2D eigenvalue weighted by atomic mass is 19.1. The number of methoxy groups -OCH3 is 2. The van der Waals surface area contributed by atoms with Crippen LogP contribution in [0.1, 0.15) is 21.7 Å². The van der Waals surface area contributed by atoms with Crippen LogP contribution in [0, 0.1) is 5.82 Å². The third kappa shape index (κ3) is 3.22. The summed E-state index contributed by atoms with van der Waals surface area (Å²) in [6, 6.07) is 13.4. The first-order chi connectivity index (χ1) is 13.6. The normalized spacial score (nSPS) is 13.2. The molecule has 5 nitrogen and oxygen atoms in total. The summed E-state index contributed by atoms with van der Waals surface area (Å²) in [6.45, 7) is 1.02. The number of benzene rings is 2. The fraction of sp³-hybridized carbons (Fsp3) is 0.227. The number of ether oxygens (including phenoxy) is 2. The van der Waals surface area contributed by atoms with Crippen molar-refractivity contribution < 1.29 is 23.1 Å². The van der Waals surface area contributed by atoms with Gasteiger partial charge < -0.3 is 18.8 Å². The van der Waals surface area contributed by atoms with Crippen LogP contribution in [0.2, 0.25) is 0 Å². The van der Waals surface area contributed by atoms with Gasteiger partial charge in [-0.15, -0.1) is 0 Å². The van der Waals surface area contributed by atoms with E-state index < -0.39 is 0 Å².